The molecule has 0 heterocycles. The van der Waals surface area contributed by atoms with Crippen molar-refractivity contribution in [2.24, 2.45) is 11.7 Å². The van der Waals surface area contributed by atoms with Gasteiger partial charge in [0.2, 0.25) is 11.8 Å². The molecule has 5 heteroatoms. The fraction of sp³-hybridized carbons (Fsp3) is 0.467. The van der Waals surface area contributed by atoms with Gasteiger partial charge in [-0.1, -0.05) is 31.0 Å². The molecule has 5 nitrogen and oxygen atoms in total. The largest absolute Gasteiger partial charge is 0.398 e. The van der Waals surface area contributed by atoms with Gasteiger partial charge in [-0.25, -0.2) is 0 Å². The summed E-state index contributed by atoms with van der Waals surface area (Å²) in [5, 5.41) is 0. The van der Waals surface area contributed by atoms with E-state index in [1.54, 1.807) is 6.07 Å². The van der Waals surface area contributed by atoms with Crippen LogP contribution in [0.25, 0.3) is 0 Å². The number of para-hydroxylation sites is 1. The van der Waals surface area contributed by atoms with E-state index in [1.165, 1.54) is 4.90 Å². The minimum Gasteiger partial charge on any atom is -0.398 e. The third-order valence-electron chi connectivity index (χ3n) is 3.78. The first-order valence-electron chi connectivity index (χ1n) is 6.98. The van der Waals surface area contributed by atoms with Gasteiger partial charge >= 0.3 is 0 Å². The van der Waals surface area contributed by atoms with Crippen LogP contribution in [-0.2, 0) is 16.1 Å². The Morgan fingerprint density at radius 1 is 1.20 bits per heavy atom. The molecule has 2 rings (SSSR count). The molecule has 1 aliphatic carbocycles. The zero-order chi connectivity index (χ0) is 14.5. The number of hydrogen-bond acceptors (Lipinski definition) is 3. The van der Waals surface area contributed by atoms with E-state index >= 15 is 0 Å². The fourth-order valence-electron chi connectivity index (χ4n) is 2.71. The highest BCUT2D eigenvalue weighted by Gasteiger charge is 2.28. The third-order valence-corrected chi connectivity index (χ3v) is 3.78. The summed E-state index contributed by atoms with van der Waals surface area (Å²) in [5.74, 6) is -0.449. The molecule has 1 aromatic rings. The van der Waals surface area contributed by atoms with Crippen LogP contribution < -0.4 is 11.5 Å². The van der Waals surface area contributed by atoms with Gasteiger partial charge in [-0.05, 0) is 24.5 Å². The van der Waals surface area contributed by atoms with Gasteiger partial charge in [0.1, 0.15) is 0 Å². The number of amides is 2. The van der Waals surface area contributed by atoms with Crippen LogP contribution >= 0.6 is 0 Å². The predicted molar refractivity (Wildman–Crippen MR) is 77.4 cm³/mol. The summed E-state index contributed by atoms with van der Waals surface area (Å²) in [6, 6.07) is 7.37. The number of nitrogen functional groups attached to an aromatic ring is 1. The van der Waals surface area contributed by atoms with Crippen LogP contribution in [0.1, 0.15) is 31.2 Å². The van der Waals surface area contributed by atoms with Gasteiger partial charge in [-0.15, -0.1) is 0 Å². The zero-order valence-corrected chi connectivity index (χ0v) is 11.5. The topological polar surface area (TPSA) is 89.4 Å². The van der Waals surface area contributed by atoms with Crippen molar-refractivity contribution >= 4 is 17.5 Å². The molecule has 1 aromatic carbocycles. The molecule has 2 amide bonds. The number of benzene rings is 1. The van der Waals surface area contributed by atoms with Gasteiger partial charge in [0, 0.05) is 18.2 Å². The Morgan fingerprint density at radius 2 is 1.85 bits per heavy atom. The lowest BCUT2D eigenvalue weighted by Crippen LogP contribution is -2.40. The number of anilines is 1. The molecule has 1 saturated carbocycles. The molecule has 0 aromatic heterocycles. The second-order valence-corrected chi connectivity index (χ2v) is 5.34. The number of carbonyl (C=O) groups is 2. The molecule has 1 fully saturated rings. The average Bonchev–Trinajstić information content (AvgIpc) is 2.93. The monoisotopic (exact) mass is 275 g/mol. The van der Waals surface area contributed by atoms with E-state index in [2.05, 4.69) is 0 Å². The standard InChI is InChI=1S/C15H21N3O2/c16-13-8-4-3-7-12(13)9-18(10-14(17)19)15(20)11-5-1-2-6-11/h3-4,7-8,11H,1-2,5-6,9-10,16H2,(H2,17,19). The van der Waals surface area contributed by atoms with Crippen molar-refractivity contribution < 1.29 is 9.59 Å². The minimum atomic E-state index is -0.495. The third kappa shape index (κ3) is 3.50. The van der Waals surface area contributed by atoms with Crippen molar-refractivity contribution in [2.45, 2.75) is 32.2 Å². The first-order valence-corrected chi connectivity index (χ1v) is 6.98. The normalized spacial score (nSPS) is 15.2. The highest BCUT2D eigenvalue weighted by atomic mass is 16.2. The Bertz CT molecular complexity index is 496. The molecule has 108 valence electrons. The van der Waals surface area contributed by atoms with E-state index in [9.17, 15) is 9.59 Å². The maximum absolute atomic E-state index is 12.5. The molecule has 0 radical (unpaired) electrons. The van der Waals surface area contributed by atoms with Crippen LogP contribution in [0.3, 0.4) is 0 Å². The molecule has 0 saturated heterocycles. The SMILES string of the molecule is NC(=O)CN(Cc1ccccc1N)C(=O)C1CCCC1. The van der Waals surface area contributed by atoms with Crippen LogP contribution in [-0.4, -0.2) is 23.3 Å². The molecule has 0 bridgehead atoms. The van der Waals surface area contributed by atoms with Crippen molar-refractivity contribution in [1.29, 1.82) is 0 Å². The molecule has 0 unspecified atom stereocenters. The van der Waals surface area contributed by atoms with Crippen LogP contribution in [0.15, 0.2) is 24.3 Å². The predicted octanol–water partition coefficient (Wildman–Crippen LogP) is 1.27. The summed E-state index contributed by atoms with van der Waals surface area (Å²) in [6.45, 7) is 0.286. The van der Waals surface area contributed by atoms with E-state index in [-0.39, 0.29) is 18.4 Å². The number of nitrogens with two attached hydrogens (primary N) is 2. The van der Waals surface area contributed by atoms with E-state index in [1.807, 2.05) is 18.2 Å². The summed E-state index contributed by atoms with van der Waals surface area (Å²) in [4.78, 5) is 25.2. The molecular weight excluding hydrogens is 254 g/mol. The summed E-state index contributed by atoms with van der Waals surface area (Å²) in [5.41, 5.74) is 12.6. The average molecular weight is 275 g/mol. The van der Waals surface area contributed by atoms with Crippen LogP contribution in [0.2, 0.25) is 0 Å². The fourth-order valence-corrected chi connectivity index (χ4v) is 2.71. The Morgan fingerprint density at radius 3 is 2.45 bits per heavy atom. The lowest BCUT2D eigenvalue weighted by Gasteiger charge is -2.25. The summed E-state index contributed by atoms with van der Waals surface area (Å²) < 4.78 is 0. The maximum atomic E-state index is 12.5. The Labute approximate surface area is 118 Å². The van der Waals surface area contributed by atoms with Gasteiger partial charge < -0.3 is 16.4 Å². The Kier molecular flexibility index (Phi) is 4.61. The molecule has 0 spiro atoms. The van der Waals surface area contributed by atoms with Gasteiger partial charge in [0.15, 0.2) is 0 Å². The van der Waals surface area contributed by atoms with E-state index < -0.39 is 5.91 Å². The van der Waals surface area contributed by atoms with Crippen molar-refractivity contribution in [1.82, 2.24) is 4.90 Å². The van der Waals surface area contributed by atoms with Crippen LogP contribution in [0, 0.1) is 5.92 Å². The van der Waals surface area contributed by atoms with E-state index in [0.717, 1.165) is 31.2 Å². The van der Waals surface area contributed by atoms with Crippen LogP contribution in [0.4, 0.5) is 5.69 Å². The summed E-state index contributed by atoms with van der Waals surface area (Å²) >= 11 is 0. The zero-order valence-electron chi connectivity index (χ0n) is 11.5. The first-order chi connectivity index (χ1) is 9.58. The molecule has 0 atom stereocenters. The number of hydrogen-bond donors (Lipinski definition) is 2. The second-order valence-electron chi connectivity index (χ2n) is 5.34. The van der Waals surface area contributed by atoms with Gasteiger partial charge in [0.05, 0.1) is 6.54 Å². The molecular formula is C15H21N3O2. The number of carbonyl (C=O) groups excluding carboxylic acids is 2. The van der Waals surface area contributed by atoms with Gasteiger partial charge in [-0.2, -0.15) is 0 Å². The van der Waals surface area contributed by atoms with Crippen LogP contribution in [0.5, 0.6) is 0 Å². The van der Waals surface area contributed by atoms with Crippen molar-refractivity contribution in [3.63, 3.8) is 0 Å². The van der Waals surface area contributed by atoms with Gasteiger partial charge in [-0.3, -0.25) is 9.59 Å². The van der Waals surface area contributed by atoms with E-state index in [4.69, 9.17) is 11.5 Å². The molecule has 0 aliphatic heterocycles. The molecule has 1 aliphatic rings. The quantitative estimate of drug-likeness (QED) is 0.793. The number of primary amides is 1. The summed E-state index contributed by atoms with van der Waals surface area (Å²) in [7, 11) is 0. The lowest BCUT2D eigenvalue weighted by molar-refractivity contribution is -0.139. The minimum absolute atomic E-state index is 0.0181. The number of rotatable bonds is 5. The van der Waals surface area contributed by atoms with Crippen molar-refractivity contribution in [3.8, 4) is 0 Å². The molecule has 20 heavy (non-hydrogen) atoms. The second kappa shape index (κ2) is 6.41. The van der Waals surface area contributed by atoms with E-state index in [0.29, 0.717) is 12.2 Å². The highest BCUT2D eigenvalue weighted by Crippen LogP contribution is 2.27. The Hall–Kier alpha value is -2.04. The lowest BCUT2D eigenvalue weighted by atomic mass is 10.1. The summed E-state index contributed by atoms with van der Waals surface area (Å²) in [6.07, 6.45) is 3.96. The number of nitrogens with zero attached hydrogens (tertiary/aromatic N) is 1. The molecule has 4 N–H and O–H groups in total. The highest BCUT2D eigenvalue weighted by molar-refractivity contribution is 5.85. The first kappa shape index (κ1) is 14.4. The Balaban J connectivity index is 2.12. The maximum Gasteiger partial charge on any atom is 0.237 e. The van der Waals surface area contributed by atoms with Crippen molar-refractivity contribution in [2.75, 3.05) is 12.3 Å². The smallest absolute Gasteiger partial charge is 0.237 e. The van der Waals surface area contributed by atoms with Crippen molar-refractivity contribution in [3.05, 3.63) is 29.8 Å². The van der Waals surface area contributed by atoms with Gasteiger partial charge in [0.25, 0.3) is 0 Å².